The molecule has 2 aromatic heterocycles. The van der Waals surface area contributed by atoms with Crippen molar-refractivity contribution >= 4 is 0 Å². The summed E-state index contributed by atoms with van der Waals surface area (Å²) in [5.41, 5.74) is -2.72. The Kier molecular flexibility index (Phi) is 3.75. The van der Waals surface area contributed by atoms with Gasteiger partial charge in [-0.25, -0.2) is 19.4 Å². The molecular weight excluding hydrogens is 252 g/mol. The normalized spacial score (nSPS) is 9.33. The maximum Gasteiger partial charge on any atom is 0.349 e. The van der Waals surface area contributed by atoms with Gasteiger partial charge in [0.1, 0.15) is 0 Å². The lowest BCUT2D eigenvalue weighted by Crippen LogP contribution is -2.26. The lowest BCUT2D eigenvalue weighted by Gasteiger charge is -2.05. The highest BCUT2D eigenvalue weighted by Gasteiger charge is 1.83. The Morgan fingerprint density at radius 1 is 0.722 bits per heavy atom. The molecule has 0 unspecified atom stereocenters. The summed E-state index contributed by atoms with van der Waals surface area (Å²) >= 11 is 0. The lowest BCUT2D eigenvalue weighted by atomic mass is 11.0. The van der Waals surface area contributed by atoms with Crippen molar-refractivity contribution in [1.82, 2.24) is 29.9 Å². The van der Waals surface area contributed by atoms with Crippen LogP contribution >= 0.6 is 0 Å². The molecule has 0 radical (unpaired) electrons. The van der Waals surface area contributed by atoms with Gasteiger partial charge >= 0.3 is 17.1 Å². The third kappa shape index (κ3) is 4.13. The molecule has 2 heterocycles. The van der Waals surface area contributed by atoms with Crippen LogP contribution in [0.15, 0.2) is 14.4 Å². The molecule has 0 saturated carbocycles. The largest absolute Gasteiger partial charge is 0.846 e. The molecule has 2 rings (SSSR count). The van der Waals surface area contributed by atoms with Crippen molar-refractivity contribution in [2.75, 3.05) is 0 Å². The number of aromatic nitrogens is 6. The smallest absolute Gasteiger partial charge is 0.349 e. The van der Waals surface area contributed by atoms with Crippen LogP contribution in [-0.2, 0) is 0 Å². The summed E-state index contributed by atoms with van der Waals surface area (Å²) in [6.45, 7) is 0. The average molecular weight is 255 g/mol. The number of rotatable bonds is 0. The number of H-pyrrole nitrogens is 3. The van der Waals surface area contributed by atoms with Crippen LogP contribution in [0.1, 0.15) is 0 Å². The van der Waals surface area contributed by atoms with E-state index in [-0.39, 0.29) is 0 Å². The van der Waals surface area contributed by atoms with Crippen molar-refractivity contribution in [2.24, 2.45) is 0 Å². The first-order chi connectivity index (χ1) is 8.36. The predicted molar refractivity (Wildman–Crippen MR) is 46.5 cm³/mol. The maximum atomic E-state index is 10.2. The summed E-state index contributed by atoms with van der Waals surface area (Å²) in [6, 6.07) is -2.94. The van der Waals surface area contributed by atoms with Crippen LogP contribution in [0.4, 0.5) is 0 Å². The molecule has 0 amide bonds. The first-order valence-corrected chi connectivity index (χ1v) is 4.07. The van der Waals surface area contributed by atoms with Gasteiger partial charge < -0.3 is 25.3 Å². The molecule has 0 saturated heterocycles. The highest BCUT2D eigenvalue weighted by Crippen LogP contribution is 1.88. The standard InChI is InChI=1S/2C3H3N3O3/c2*7-1-4-2(8)6-3(9)5-1/h2*(H3,4,5,6,7,8,9)/p-3. The van der Waals surface area contributed by atoms with E-state index in [0.717, 1.165) is 0 Å². The molecule has 0 aliphatic carbocycles. The minimum Gasteiger partial charge on any atom is -0.846 e. The fourth-order valence-electron chi connectivity index (χ4n) is 0.720. The Morgan fingerprint density at radius 2 is 1.28 bits per heavy atom. The van der Waals surface area contributed by atoms with Gasteiger partial charge in [0.15, 0.2) is 0 Å². The van der Waals surface area contributed by atoms with Gasteiger partial charge in [0.2, 0.25) is 0 Å². The highest BCUT2D eigenvalue weighted by atomic mass is 16.3. The number of hydrogen-bond donors (Lipinski definition) is 3. The summed E-state index contributed by atoms with van der Waals surface area (Å²) in [5.74, 6) is 0. The van der Waals surface area contributed by atoms with Crippen LogP contribution in [-0.4, -0.2) is 29.9 Å². The minimum atomic E-state index is -1.05. The van der Waals surface area contributed by atoms with E-state index in [1.54, 1.807) is 15.0 Å². The van der Waals surface area contributed by atoms with Crippen molar-refractivity contribution in [2.45, 2.75) is 0 Å². The van der Waals surface area contributed by atoms with Crippen molar-refractivity contribution in [3.63, 3.8) is 0 Å². The molecule has 0 fully saturated rings. The van der Waals surface area contributed by atoms with Gasteiger partial charge in [-0.05, 0) is 0 Å². The fourth-order valence-corrected chi connectivity index (χ4v) is 0.720. The predicted octanol–water partition coefficient (Wildman–Crippen LogP) is -5.16. The van der Waals surface area contributed by atoms with Gasteiger partial charge in [0.05, 0.1) is 18.0 Å². The van der Waals surface area contributed by atoms with E-state index in [1.807, 2.05) is 0 Å². The van der Waals surface area contributed by atoms with Crippen LogP contribution in [0, 0.1) is 0 Å². The molecule has 12 nitrogen and oxygen atoms in total. The number of nitrogens with one attached hydrogen (secondary N) is 3. The Balaban J connectivity index is 0.000000180. The maximum absolute atomic E-state index is 10.2. The van der Waals surface area contributed by atoms with Crippen molar-refractivity contribution < 1.29 is 15.3 Å². The van der Waals surface area contributed by atoms with Crippen molar-refractivity contribution in [3.05, 3.63) is 31.5 Å². The van der Waals surface area contributed by atoms with E-state index >= 15 is 0 Å². The molecular formula is C6H3N6O6-3. The molecule has 0 aromatic carbocycles. The van der Waals surface area contributed by atoms with Crippen molar-refractivity contribution in [1.29, 1.82) is 0 Å². The van der Waals surface area contributed by atoms with Gasteiger partial charge in [-0.1, -0.05) is 0 Å². The third-order valence-corrected chi connectivity index (χ3v) is 1.25. The summed E-state index contributed by atoms with van der Waals surface area (Å²) in [5, 5.41) is 30.3. The molecule has 0 aliphatic rings. The minimum absolute atomic E-state index is 0.833. The SMILES string of the molecule is O=c1nc([O-])[nH]c(=O)[nH]1.O=c1nc([O-])nc([O-])[nH]1. The zero-order valence-electron chi connectivity index (χ0n) is 8.29. The van der Waals surface area contributed by atoms with Crippen LogP contribution in [0.3, 0.4) is 0 Å². The fraction of sp³-hybridized carbons (Fsp3) is 0. The quantitative estimate of drug-likeness (QED) is 0.410. The number of aromatic amines is 3. The second-order valence-corrected chi connectivity index (χ2v) is 2.54. The first kappa shape index (κ1) is 12.9. The molecule has 3 N–H and O–H groups in total. The van der Waals surface area contributed by atoms with E-state index in [2.05, 4.69) is 15.0 Å². The first-order valence-electron chi connectivity index (χ1n) is 4.07. The average Bonchev–Trinajstić information content (AvgIpc) is 2.12. The zero-order valence-corrected chi connectivity index (χ0v) is 8.29. The highest BCUT2D eigenvalue weighted by molar-refractivity contribution is 4.92. The lowest BCUT2D eigenvalue weighted by molar-refractivity contribution is -0.301. The van der Waals surface area contributed by atoms with Gasteiger partial charge in [-0.15, -0.1) is 0 Å². The summed E-state index contributed by atoms with van der Waals surface area (Å²) in [6.07, 6.45) is 0. The second kappa shape index (κ2) is 5.24. The van der Waals surface area contributed by atoms with E-state index in [9.17, 15) is 29.7 Å². The van der Waals surface area contributed by atoms with Gasteiger partial charge in [-0.3, -0.25) is 4.98 Å². The molecule has 0 aliphatic heterocycles. The monoisotopic (exact) mass is 255 g/mol. The Labute approximate surface area is 95.7 Å². The van der Waals surface area contributed by atoms with Gasteiger partial charge in [0, 0.05) is 0 Å². The van der Waals surface area contributed by atoms with E-state index in [1.165, 1.54) is 0 Å². The Morgan fingerprint density at radius 3 is 1.72 bits per heavy atom. The molecule has 2 aromatic rings. The Hall–Kier alpha value is -3.18. The van der Waals surface area contributed by atoms with Gasteiger partial charge in [-0.2, -0.15) is 9.97 Å². The number of hydrogen-bond acceptors (Lipinski definition) is 9. The molecule has 0 atom stereocenters. The molecule has 18 heavy (non-hydrogen) atoms. The van der Waals surface area contributed by atoms with Crippen LogP contribution < -0.4 is 32.4 Å². The molecule has 96 valence electrons. The summed E-state index contributed by atoms with van der Waals surface area (Å²) < 4.78 is 0. The topological polar surface area (TPSA) is 206 Å². The second-order valence-electron chi connectivity index (χ2n) is 2.54. The molecule has 0 spiro atoms. The Bertz CT molecular complexity index is 649. The molecule has 12 heteroatoms. The van der Waals surface area contributed by atoms with E-state index < -0.39 is 35.1 Å². The summed E-state index contributed by atoms with van der Waals surface area (Å²) in [7, 11) is 0. The van der Waals surface area contributed by atoms with E-state index in [4.69, 9.17) is 0 Å². The van der Waals surface area contributed by atoms with Crippen LogP contribution in [0.2, 0.25) is 0 Å². The summed E-state index contributed by atoms with van der Waals surface area (Å²) in [4.78, 5) is 43.9. The van der Waals surface area contributed by atoms with Crippen LogP contribution in [0.25, 0.3) is 0 Å². The number of nitrogens with zero attached hydrogens (tertiary/aromatic N) is 3. The van der Waals surface area contributed by atoms with Crippen LogP contribution in [0.5, 0.6) is 18.0 Å². The third-order valence-electron chi connectivity index (χ3n) is 1.25. The zero-order chi connectivity index (χ0) is 13.7. The van der Waals surface area contributed by atoms with Gasteiger partial charge in [0.25, 0.3) is 0 Å². The van der Waals surface area contributed by atoms with Crippen molar-refractivity contribution in [3.8, 4) is 18.0 Å². The van der Waals surface area contributed by atoms with E-state index in [0.29, 0.717) is 0 Å². The molecule has 0 bridgehead atoms.